The first kappa shape index (κ1) is 11.8. The molecule has 0 unspecified atom stereocenters. The Morgan fingerprint density at radius 1 is 1.31 bits per heavy atom. The first-order valence-corrected chi connectivity index (χ1v) is 6.00. The van der Waals surface area contributed by atoms with Crippen molar-refractivity contribution in [2.24, 2.45) is 0 Å². The highest BCUT2D eigenvalue weighted by Gasteiger charge is 2.11. The largest absolute Gasteiger partial charge is 0.361 e. The molecule has 5 heteroatoms. The molecule has 1 aromatic carbocycles. The van der Waals surface area contributed by atoms with Gasteiger partial charge in [-0.25, -0.2) is 4.39 Å². The fourth-order valence-corrected chi connectivity index (χ4v) is 1.99. The van der Waals surface area contributed by atoms with Crippen LogP contribution in [0.3, 0.4) is 0 Å². The van der Waals surface area contributed by atoms with E-state index in [0.717, 1.165) is 0 Å². The Morgan fingerprint density at radius 2 is 2.06 bits per heavy atom. The van der Waals surface area contributed by atoms with Crippen molar-refractivity contribution < 1.29 is 4.39 Å². The van der Waals surface area contributed by atoms with Gasteiger partial charge in [-0.3, -0.25) is 0 Å². The molecule has 0 aliphatic rings. The Balaban J connectivity index is 2.66. The highest BCUT2D eigenvalue weighted by molar-refractivity contribution is 9.10. The van der Waals surface area contributed by atoms with E-state index < -0.39 is 5.82 Å². The summed E-state index contributed by atoms with van der Waals surface area (Å²) in [4.78, 5) is 2.93. The molecule has 0 aliphatic heterocycles. The number of pyridine rings is 1. The monoisotopic (exact) mass is 317 g/mol. The molecule has 1 N–H and O–H groups in total. The van der Waals surface area contributed by atoms with Crippen molar-refractivity contribution >= 4 is 39.7 Å². The molecule has 16 heavy (non-hydrogen) atoms. The lowest BCUT2D eigenvalue weighted by Gasteiger charge is -2.06. The first-order valence-electron chi connectivity index (χ1n) is 4.42. The Kier molecular flexibility index (Phi) is 3.42. The molecule has 1 heterocycles. The van der Waals surface area contributed by atoms with Crippen molar-refractivity contribution in [2.45, 2.75) is 0 Å². The smallest absolute Gasteiger partial charge is 0.152 e. The topological polar surface area (TPSA) is 15.8 Å². The van der Waals surface area contributed by atoms with E-state index in [9.17, 15) is 4.39 Å². The summed E-state index contributed by atoms with van der Waals surface area (Å²) in [6, 6.07) is 6.77. The van der Waals surface area contributed by atoms with E-state index in [1.165, 1.54) is 0 Å². The molecule has 1 nitrogen and oxygen atoms in total. The van der Waals surface area contributed by atoms with Crippen molar-refractivity contribution in [2.75, 3.05) is 0 Å². The molecule has 0 atom stereocenters. The first-order chi connectivity index (χ1) is 7.59. The minimum absolute atomic E-state index is 0.0701. The molecule has 0 radical (unpaired) electrons. The predicted molar refractivity (Wildman–Crippen MR) is 69.7 cm³/mol. The van der Waals surface area contributed by atoms with Gasteiger partial charge >= 0.3 is 0 Å². The second-order valence-corrected chi connectivity index (χ2v) is 4.86. The maximum Gasteiger partial charge on any atom is 0.152 e. The third kappa shape index (κ3) is 2.19. The number of hydrogen-bond donors (Lipinski definition) is 1. The number of benzene rings is 1. The maximum absolute atomic E-state index is 13.9. The molecule has 0 saturated carbocycles. The highest BCUT2D eigenvalue weighted by atomic mass is 79.9. The molecule has 0 spiro atoms. The number of nitrogens with one attached hydrogen (secondary N) is 1. The maximum atomic E-state index is 13.9. The summed E-state index contributed by atoms with van der Waals surface area (Å²) in [6.07, 6.45) is 1.67. The molecule has 0 saturated heterocycles. The van der Waals surface area contributed by atoms with Gasteiger partial charge in [-0.05, 0) is 40.2 Å². The van der Waals surface area contributed by atoms with Crippen molar-refractivity contribution in [1.29, 1.82) is 0 Å². The summed E-state index contributed by atoms with van der Waals surface area (Å²) >= 11 is 14.0. The molecule has 0 aliphatic carbocycles. The summed E-state index contributed by atoms with van der Waals surface area (Å²) in [5, 5.41) is 0.0701. The van der Waals surface area contributed by atoms with E-state index in [1.807, 2.05) is 0 Å². The van der Waals surface area contributed by atoms with Crippen LogP contribution in [0.5, 0.6) is 0 Å². The van der Waals surface area contributed by atoms with Crippen LogP contribution in [0, 0.1) is 10.3 Å². The average Bonchev–Trinajstić information content (AvgIpc) is 2.26. The second kappa shape index (κ2) is 4.65. The Labute approximate surface area is 110 Å². The van der Waals surface area contributed by atoms with E-state index in [2.05, 4.69) is 20.9 Å². The minimum atomic E-state index is -0.465. The number of aromatic nitrogens is 1. The SMILES string of the molecule is Fc1c(-c2cc(=S)cc[nH]2)ccc(Br)c1Cl. The van der Waals surface area contributed by atoms with Gasteiger partial charge in [0.15, 0.2) is 5.82 Å². The molecular weight excluding hydrogens is 313 g/mol. The van der Waals surface area contributed by atoms with Crippen LogP contribution in [-0.4, -0.2) is 4.98 Å². The Hall–Kier alpha value is -0.710. The number of halogens is 3. The standard InChI is InChI=1S/C11H6BrClFNS/c12-8-2-1-7(11(14)10(8)13)9-5-6(16)3-4-15-9/h1-5H,(H,15,16). The van der Waals surface area contributed by atoms with Gasteiger partial charge in [-0.1, -0.05) is 23.8 Å². The average molecular weight is 319 g/mol. The lowest BCUT2D eigenvalue weighted by molar-refractivity contribution is 0.630. The molecule has 0 bridgehead atoms. The zero-order valence-electron chi connectivity index (χ0n) is 7.93. The molecule has 0 amide bonds. The van der Waals surface area contributed by atoms with Crippen molar-refractivity contribution in [3.05, 3.63) is 50.3 Å². The van der Waals surface area contributed by atoms with Crippen molar-refractivity contribution in [1.82, 2.24) is 4.98 Å². The number of aromatic amines is 1. The van der Waals surface area contributed by atoms with Gasteiger partial charge < -0.3 is 4.98 Å². The number of rotatable bonds is 1. The van der Waals surface area contributed by atoms with Gasteiger partial charge in [0.25, 0.3) is 0 Å². The van der Waals surface area contributed by atoms with Gasteiger partial charge in [0.1, 0.15) is 0 Å². The fraction of sp³-hybridized carbons (Fsp3) is 0. The zero-order valence-corrected chi connectivity index (χ0v) is 11.1. The lowest BCUT2D eigenvalue weighted by atomic mass is 10.1. The van der Waals surface area contributed by atoms with Crippen LogP contribution in [0.25, 0.3) is 11.3 Å². The normalized spacial score (nSPS) is 10.4. The summed E-state index contributed by atoms with van der Waals surface area (Å²) in [6.45, 7) is 0. The van der Waals surface area contributed by atoms with E-state index in [-0.39, 0.29) is 5.02 Å². The van der Waals surface area contributed by atoms with Gasteiger partial charge in [-0.15, -0.1) is 0 Å². The Morgan fingerprint density at radius 3 is 2.75 bits per heavy atom. The van der Waals surface area contributed by atoms with Gasteiger partial charge in [-0.2, -0.15) is 0 Å². The van der Waals surface area contributed by atoms with Crippen LogP contribution in [0.1, 0.15) is 0 Å². The number of H-pyrrole nitrogens is 1. The van der Waals surface area contributed by atoms with Gasteiger partial charge in [0.05, 0.1) is 5.02 Å². The van der Waals surface area contributed by atoms with E-state index >= 15 is 0 Å². The minimum Gasteiger partial charge on any atom is -0.361 e. The third-order valence-electron chi connectivity index (χ3n) is 2.10. The summed E-state index contributed by atoms with van der Waals surface area (Å²) < 4.78 is 15.0. The fourth-order valence-electron chi connectivity index (χ4n) is 1.34. The third-order valence-corrected chi connectivity index (χ3v) is 3.61. The van der Waals surface area contributed by atoms with Crippen LogP contribution in [0.2, 0.25) is 5.02 Å². The van der Waals surface area contributed by atoms with Crippen molar-refractivity contribution in [3.8, 4) is 11.3 Å². The second-order valence-electron chi connectivity index (χ2n) is 3.16. The van der Waals surface area contributed by atoms with Crippen LogP contribution < -0.4 is 0 Å². The van der Waals surface area contributed by atoms with Crippen LogP contribution in [0.15, 0.2) is 34.9 Å². The molecule has 2 rings (SSSR count). The summed E-state index contributed by atoms with van der Waals surface area (Å²) in [5.41, 5.74) is 1.01. The molecule has 82 valence electrons. The summed E-state index contributed by atoms with van der Waals surface area (Å²) in [5.74, 6) is -0.465. The molecular formula is C11H6BrClFNS. The summed E-state index contributed by atoms with van der Waals surface area (Å²) in [7, 11) is 0. The molecule has 1 aromatic heterocycles. The van der Waals surface area contributed by atoms with Crippen LogP contribution in [0.4, 0.5) is 4.39 Å². The molecule has 0 fully saturated rings. The lowest BCUT2D eigenvalue weighted by Crippen LogP contribution is -1.89. The van der Waals surface area contributed by atoms with E-state index in [4.69, 9.17) is 23.8 Å². The highest BCUT2D eigenvalue weighted by Crippen LogP contribution is 2.32. The van der Waals surface area contributed by atoms with E-state index in [1.54, 1.807) is 30.5 Å². The number of hydrogen-bond acceptors (Lipinski definition) is 1. The predicted octanol–water partition coefficient (Wildman–Crippen LogP) is 4.97. The van der Waals surface area contributed by atoms with Crippen LogP contribution in [-0.2, 0) is 0 Å². The van der Waals surface area contributed by atoms with Crippen molar-refractivity contribution in [3.63, 3.8) is 0 Å². The quantitative estimate of drug-likeness (QED) is 0.580. The van der Waals surface area contributed by atoms with Gasteiger partial charge in [0, 0.05) is 26.4 Å². The molecule has 2 aromatic rings. The Bertz CT molecular complexity index is 597. The van der Waals surface area contributed by atoms with Gasteiger partial charge in [0.2, 0.25) is 0 Å². The van der Waals surface area contributed by atoms with E-state index in [0.29, 0.717) is 20.2 Å². The zero-order chi connectivity index (χ0) is 11.7. The van der Waals surface area contributed by atoms with Crippen LogP contribution >= 0.6 is 39.7 Å².